The zero-order valence-electron chi connectivity index (χ0n) is 15.6. The molecule has 0 spiro atoms. The van der Waals surface area contributed by atoms with Gasteiger partial charge < -0.3 is 5.32 Å². The van der Waals surface area contributed by atoms with Gasteiger partial charge in [0.2, 0.25) is 5.91 Å². The van der Waals surface area contributed by atoms with Crippen molar-refractivity contribution in [2.24, 2.45) is 17.8 Å². The molecule has 2 heterocycles. The van der Waals surface area contributed by atoms with Crippen molar-refractivity contribution in [2.45, 2.75) is 57.0 Å². The summed E-state index contributed by atoms with van der Waals surface area (Å²) in [5, 5.41) is 7.41. The second-order valence-electron chi connectivity index (χ2n) is 8.83. The van der Waals surface area contributed by atoms with Gasteiger partial charge in [0, 0.05) is 18.5 Å². The Morgan fingerprint density at radius 2 is 1.86 bits per heavy atom. The van der Waals surface area contributed by atoms with Crippen molar-refractivity contribution >= 4 is 33.5 Å². The smallest absolute Gasteiger partial charge is 0.321 e. The number of imide groups is 1. The summed E-state index contributed by atoms with van der Waals surface area (Å²) in [6.45, 7) is 0.205. The van der Waals surface area contributed by atoms with E-state index in [0.717, 1.165) is 37.0 Å². The molecule has 7 nitrogen and oxygen atoms in total. The zero-order valence-corrected chi connectivity index (χ0v) is 16.5. The van der Waals surface area contributed by atoms with Crippen LogP contribution in [0.4, 0.5) is 4.79 Å². The number of carbonyl (C=O) groups is 2. The van der Waals surface area contributed by atoms with E-state index < -0.39 is 6.03 Å². The number of thiophene rings is 1. The first-order chi connectivity index (χ1) is 13.5. The molecule has 4 aliphatic carbocycles. The number of nitrogens with one attached hydrogen (secondary N) is 2. The molecule has 148 valence electrons. The highest BCUT2D eigenvalue weighted by atomic mass is 32.1. The lowest BCUT2D eigenvalue weighted by Crippen LogP contribution is -2.61. The SMILES string of the molecule is O=C(CCn1cnc2ccsc2c1=O)NC(=O)NC12CC3CC(CC(C3)C1)C2. The number of urea groups is 1. The van der Waals surface area contributed by atoms with Crippen LogP contribution in [0.5, 0.6) is 0 Å². The Morgan fingerprint density at radius 3 is 2.54 bits per heavy atom. The molecule has 0 aliphatic heterocycles. The van der Waals surface area contributed by atoms with Crippen LogP contribution < -0.4 is 16.2 Å². The first-order valence-corrected chi connectivity index (χ1v) is 10.9. The second kappa shape index (κ2) is 6.69. The Morgan fingerprint density at radius 1 is 1.18 bits per heavy atom. The number of nitrogens with zero attached hydrogens (tertiary/aromatic N) is 2. The number of aryl methyl sites for hydroxylation is 1. The molecule has 2 aromatic heterocycles. The van der Waals surface area contributed by atoms with Crippen LogP contribution in [0.3, 0.4) is 0 Å². The van der Waals surface area contributed by atoms with Crippen LogP contribution in [0.2, 0.25) is 0 Å². The van der Waals surface area contributed by atoms with Gasteiger partial charge in [-0.15, -0.1) is 11.3 Å². The van der Waals surface area contributed by atoms with Crippen LogP contribution in [-0.2, 0) is 11.3 Å². The van der Waals surface area contributed by atoms with Crippen molar-refractivity contribution < 1.29 is 9.59 Å². The molecule has 3 amide bonds. The van der Waals surface area contributed by atoms with Crippen LogP contribution in [-0.4, -0.2) is 27.0 Å². The van der Waals surface area contributed by atoms with Gasteiger partial charge in [0.1, 0.15) is 4.70 Å². The topological polar surface area (TPSA) is 93.1 Å². The van der Waals surface area contributed by atoms with Crippen molar-refractivity contribution in [1.82, 2.24) is 20.2 Å². The molecular formula is C20H24N4O3S. The van der Waals surface area contributed by atoms with E-state index in [2.05, 4.69) is 15.6 Å². The van der Waals surface area contributed by atoms with Crippen molar-refractivity contribution in [3.63, 3.8) is 0 Å². The largest absolute Gasteiger partial charge is 0.332 e. The van der Waals surface area contributed by atoms with Crippen molar-refractivity contribution in [3.8, 4) is 0 Å². The maximum atomic E-state index is 12.4. The summed E-state index contributed by atoms with van der Waals surface area (Å²) in [6, 6.07) is 1.40. The molecule has 4 aliphatic rings. The van der Waals surface area contributed by atoms with Gasteiger partial charge in [0.05, 0.1) is 11.8 Å². The van der Waals surface area contributed by atoms with E-state index in [4.69, 9.17) is 0 Å². The lowest BCUT2D eigenvalue weighted by molar-refractivity contribution is -0.120. The van der Waals surface area contributed by atoms with E-state index in [1.807, 2.05) is 5.38 Å². The van der Waals surface area contributed by atoms with Crippen LogP contribution in [0, 0.1) is 17.8 Å². The van der Waals surface area contributed by atoms with Gasteiger partial charge in [-0.1, -0.05) is 0 Å². The molecule has 4 bridgehead atoms. The van der Waals surface area contributed by atoms with Gasteiger partial charge in [-0.05, 0) is 67.7 Å². The summed E-state index contributed by atoms with van der Waals surface area (Å²) in [6.07, 6.45) is 8.57. The summed E-state index contributed by atoms with van der Waals surface area (Å²) in [5.74, 6) is 1.82. The Balaban J connectivity index is 1.17. The standard InChI is InChI=1S/C20H24N4O3S/c25-16(1-3-24-11-21-15-2-4-28-17(15)18(24)26)22-19(27)23-20-8-12-5-13(9-20)7-14(6-12)10-20/h2,4,11-14H,1,3,5-10H2,(H2,22,23,25,27). The summed E-state index contributed by atoms with van der Waals surface area (Å²) < 4.78 is 2.01. The lowest BCUT2D eigenvalue weighted by Gasteiger charge is -2.56. The fraction of sp³-hybridized carbons (Fsp3) is 0.600. The van der Waals surface area contributed by atoms with E-state index in [-0.39, 0.29) is 30.0 Å². The van der Waals surface area contributed by atoms with E-state index in [1.165, 1.54) is 41.5 Å². The number of carbonyl (C=O) groups excluding carboxylic acids is 2. The van der Waals surface area contributed by atoms with Crippen LogP contribution in [0.1, 0.15) is 44.9 Å². The lowest BCUT2D eigenvalue weighted by atomic mass is 9.53. The molecule has 28 heavy (non-hydrogen) atoms. The molecule has 0 unspecified atom stereocenters. The predicted molar refractivity (Wildman–Crippen MR) is 106 cm³/mol. The van der Waals surface area contributed by atoms with Gasteiger partial charge in [-0.2, -0.15) is 0 Å². The van der Waals surface area contributed by atoms with Gasteiger partial charge >= 0.3 is 6.03 Å². The van der Waals surface area contributed by atoms with Gasteiger partial charge in [-0.25, -0.2) is 9.78 Å². The fourth-order valence-electron chi connectivity index (χ4n) is 5.99. The number of fused-ring (bicyclic) bond motifs is 1. The number of amides is 3. The molecule has 0 atom stereocenters. The van der Waals surface area contributed by atoms with E-state index in [0.29, 0.717) is 10.2 Å². The maximum Gasteiger partial charge on any atom is 0.321 e. The summed E-state index contributed by atoms with van der Waals surface area (Å²) >= 11 is 1.34. The Labute approximate surface area is 166 Å². The average molecular weight is 401 g/mol. The van der Waals surface area contributed by atoms with Crippen molar-refractivity contribution in [2.75, 3.05) is 0 Å². The number of rotatable bonds is 4. The third kappa shape index (κ3) is 3.23. The minimum absolute atomic E-state index is 0.0623. The molecule has 2 aromatic rings. The fourth-order valence-corrected chi connectivity index (χ4v) is 6.78. The van der Waals surface area contributed by atoms with E-state index in [1.54, 1.807) is 6.07 Å². The monoisotopic (exact) mass is 400 g/mol. The first-order valence-electron chi connectivity index (χ1n) is 10.0. The molecular weight excluding hydrogens is 376 g/mol. The Kier molecular flexibility index (Phi) is 4.26. The van der Waals surface area contributed by atoms with Crippen molar-refractivity contribution in [1.29, 1.82) is 0 Å². The van der Waals surface area contributed by atoms with Gasteiger partial charge in [-0.3, -0.25) is 19.5 Å². The predicted octanol–water partition coefficient (Wildman–Crippen LogP) is 2.64. The quantitative estimate of drug-likeness (QED) is 0.825. The summed E-state index contributed by atoms with van der Waals surface area (Å²) in [7, 11) is 0. The molecule has 2 N–H and O–H groups in total. The molecule has 4 fully saturated rings. The summed E-state index contributed by atoms with van der Waals surface area (Å²) in [4.78, 5) is 41.3. The van der Waals surface area contributed by atoms with E-state index in [9.17, 15) is 14.4 Å². The maximum absolute atomic E-state index is 12.4. The zero-order chi connectivity index (χ0) is 19.3. The second-order valence-corrected chi connectivity index (χ2v) is 9.74. The average Bonchev–Trinajstić information content (AvgIpc) is 3.09. The highest BCUT2D eigenvalue weighted by Crippen LogP contribution is 2.55. The minimum Gasteiger partial charge on any atom is -0.332 e. The molecule has 4 saturated carbocycles. The summed E-state index contributed by atoms with van der Waals surface area (Å²) in [5.41, 5.74) is 0.404. The molecule has 6 rings (SSSR count). The number of hydrogen-bond donors (Lipinski definition) is 2. The molecule has 0 radical (unpaired) electrons. The number of aromatic nitrogens is 2. The molecule has 0 aromatic carbocycles. The highest BCUT2D eigenvalue weighted by Gasteiger charge is 2.51. The number of hydrogen-bond acceptors (Lipinski definition) is 5. The van der Waals surface area contributed by atoms with E-state index >= 15 is 0 Å². The third-order valence-corrected chi connectivity index (χ3v) is 7.58. The molecule has 8 heteroatoms. The van der Waals surface area contributed by atoms with Crippen LogP contribution in [0.25, 0.3) is 10.2 Å². The third-order valence-electron chi connectivity index (χ3n) is 6.69. The Bertz CT molecular complexity index is 959. The normalized spacial score (nSPS) is 30.5. The van der Waals surface area contributed by atoms with Gasteiger partial charge in [0.15, 0.2) is 0 Å². The highest BCUT2D eigenvalue weighted by molar-refractivity contribution is 7.17. The Hall–Kier alpha value is -2.22. The minimum atomic E-state index is -0.397. The first kappa shape index (κ1) is 17.8. The van der Waals surface area contributed by atoms with Crippen molar-refractivity contribution in [3.05, 3.63) is 28.1 Å². The van der Waals surface area contributed by atoms with Crippen LogP contribution in [0.15, 0.2) is 22.6 Å². The molecule has 0 saturated heterocycles. The van der Waals surface area contributed by atoms with Crippen LogP contribution >= 0.6 is 11.3 Å². The van der Waals surface area contributed by atoms with Gasteiger partial charge in [0.25, 0.3) is 5.56 Å².